The Morgan fingerprint density at radius 2 is 2.15 bits per heavy atom. The van der Waals surface area contributed by atoms with Crippen LogP contribution in [0.15, 0.2) is 23.6 Å². The minimum Gasteiger partial charge on any atom is -0.391 e. The third-order valence-electron chi connectivity index (χ3n) is 5.04. The monoisotopic (exact) mass is 395 g/mol. The number of alkyl halides is 2. The summed E-state index contributed by atoms with van der Waals surface area (Å²) >= 11 is 1.30. The standard InChI is InChI=1S/C17H19F2N5O2S/c1-27-16-21-10-9-23(13-11(25)5-2-3-6-17(13,18)19)15(26)12(10)14(22-16)24-8-4-7-20-24/h4,7-8,11,13,25H,2-3,5-6,9H2,1H3/t11-,13-/m0/s1. The smallest absolute Gasteiger partial charge is 0.270 e. The van der Waals surface area contributed by atoms with Crippen molar-refractivity contribution in [1.82, 2.24) is 24.6 Å². The van der Waals surface area contributed by atoms with E-state index in [0.29, 0.717) is 23.7 Å². The average Bonchev–Trinajstić information content (AvgIpc) is 3.24. The van der Waals surface area contributed by atoms with E-state index in [1.165, 1.54) is 16.4 Å². The van der Waals surface area contributed by atoms with E-state index in [2.05, 4.69) is 15.1 Å². The molecule has 2 aliphatic rings. The molecule has 2 aromatic heterocycles. The van der Waals surface area contributed by atoms with E-state index in [1.54, 1.807) is 24.7 Å². The van der Waals surface area contributed by atoms with E-state index in [4.69, 9.17) is 0 Å². The molecule has 1 amide bonds. The number of hydrogen-bond donors (Lipinski definition) is 1. The molecule has 0 bridgehead atoms. The van der Waals surface area contributed by atoms with Crippen molar-refractivity contribution in [2.45, 2.75) is 55.5 Å². The Kier molecular flexibility index (Phi) is 4.63. The van der Waals surface area contributed by atoms with Gasteiger partial charge in [-0.05, 0) is 25.2 Å². The van der Waals surface area contributed by atoms with E-state index in [1.807, 2.05) is 0 Å². The van der Waals surface area contributed by atoms with Crippen LogP contribution in [-0.4, -0.2) is 60.0 Å². The molecule has 1 fully saturated rings. The summed E-state index contributed by atoms with van der Waals surface area (Å²) in [6.07, 6.45) is 4.44. The van der Waals surface area contributed by atoms with Crippen LogP contribution in [0.2, 0.25) is 0 Å². The summed E-state index contributed by atoms with van der Waals surface area (Å²) < 4.78 is 30.9. The minimum atomic E-state index is -3.16. The van der Waals surface area contributed by atoms with Gasteiger partial charge in [0, 0.05) is 18.8 Å². The zero-order valence-corrected chi connectivity index (χ0v) is 15.5. The van der Waals surface area contributed by atoms with Gasteiger partial charge in [0.1, 0.15) is 11.6 Å². The molecule has 0 saturated heterocycles. The van der Waals surface area contributed by atoms with Crippen molar-refractivity contribution in [2.75, 3.05) is 6.26 Å². The molecule has 27 heavy (non-hydrogen) atoms. The Morgan fingerprint density at radius 3 is 2.85 bits per heavy atom. The Morgan fingerprint density at radius 1 is 1.33 bits per heavy atom. The van der Waals surface area contributed by atoms with E-state index >= 15 is 0 Å². The molecule has 1 aliphatic heterocycles. The molecular weight excluding hydrogens is 376 g/mol. The summed E-state index contributed by atoms with van der Waals surface area (Å²) in [5.74, 6) is -3.48. The molecule has 1 saturated carbocycles. The molecule has 3 heterocycles. The number of nitrogens with zero attached hydrogens (tertiary/aromatic N) is 5. The second kappa shape index (κ2) is 6.83. The first-order chi connectivity index (χ1) is 12.9. The molecule has 0 spiro atoms. The lowest BCUT2D eigenvalue weighted by Gasteiger charge is -2.35. The molecule has 2 aromatic rings. The van der Waals surface area contributed by atoms with E-state index < -0.39 is 24.0 Å². The van der Waals surface area contributed by atoms with Gasteiger partial charge in [0.2, 0.25) is 0 Å². The second-order valence-electron chi connectivity index (χ2n) is 6.76. The topological polar surface area (TPSA) is 84.1 Å². The highest BCUT2D eigenvalue weighted by Crippen LogP contribution is 2.40. The molecule has 0 aromatic carbocycles. The molecule has 0 radical (unpaired) electrons. The van der Waals surface area contributed by atoms with Crippen LogP contribution < -0.4 is 0 Å². The maximum atomic E-state index is 14.7. The van der Waals surface area contributed by atoms with Crippen molar-refractivity contribution in [3.8, 4) is 5.82 Å². The Balaban J connectivity index is 1.79. The quantitative estimate of drug-likeness (QED) is 0.488. The largest absolute Gasteiger partial charge is 0.391 e. The van der Waals surface area contributed by atoms with Crippen molar-refractivity contribution in [3.63, 3.8) is 0 Å². The third-order valence-corrected chi connectivity index (χ3v) is 5.58. The van der Waals surface area contributed by atoms with E-state index in [9.17, 15) is 18.7 Å². The number of hydrogen-bond acceptors (Lipinski definition) is 6. The molecule has 144 valence electrons. The van der Waals surface area contributed by atoms with Gasteiger partial charge in [0.25, 0.3) is 11.8 Å². The van der Waals surface area contributed by atoms with Crippen LogP contribution in [-0.2, 0) is 6.54 Å². The highest BCUT2D eigenvalue weighted by molar-refractivity contribution is 7.98. The van der Waals surface area contributed by atoms with Crippen LogP contribution in [0, 0.1) is 0 Å². The van der Waals surface area contributed by atoms with Gasteiger partial charge in [-0.2, -0.15) is 5.10 Å². The maximum Gasteiger partial charge on any atom is 0.270 e. The number of carbonyl (C=O) groups is 1. The summed E-state index contributed by atoms with van der Waals surface area (Å²) in [5.41, 5.74) is 0.556. The van der Waals surface area contributed by atoms with Crippen LogP contribution in [0.25, 0.3) is 5.82 Å². The Labute approximate surface area is 158 Å². The zero-order valence-electron chi connectivity index (χ0n) is 14.7. The second-order valence-corrected chi connectivity index (χ2v) is 7.53. The molecule has 10 heteroatoms. The SMILES string of the molecule is CSc1nc2c(c(-n3cccn3)n1)C(=O)N([C@H]1[C@@H](O)CCCCC1(F)F)C2. The van der Waals surface area contributed by atoms with Crippen molar-refractivity contribution < 1.29 is 18.7 Å². The van der Waals surface area contributed by atoms with Gasteiger partial charge in [-0.1, -0.05) is 18.2 Å². The van der Waals surface area contributed by atoms with Crippen LogP contribution in [0.4, 0.5) is 8.78 Å². The van der Waals surface area contributed by atoms with Crippen molar-refractivity contribution in [3.05, 3.63) is 29.7 Å². The van der Waals surface area contributed by atoms with E-state index in [0.717, 1.165) is 4.90 Å². The van der Waals surface area contributed by atoms with Crippen LogP contribution in [0.5, 0.6) is 0 Å². The number of aliphatic hydroxyl groups excluding tert-OH is 1. The van der Waals surface area contributed by atoms with Gasteiger partial charge in [-0.25, -0.2) is 23.4 Å². The fraction of sp³-hybridized carbons (Fsp3) is 0.529. The highest BCUT2D eigenvalue weighted by Gasteiger charge is 2.52. The molecule has 0 unspecified atom stereocenters. The highest BCUT2D eigenvalue weighted by atomic mass is 32.2. The van der Waals surface area contributed by atoms with Crippen LogP contribution in [0.3, 0.4) is 0 Å². The summed E-state index contributed by atoms with van der Waals surface area (Å²) in [6.45, 7) is -0.0736. The van der Waals surface area contributed by atoms with Gasteiger partial charge in [-0.15, -0.1) is 0 Å². The van der Waals surface area contributed by atoms with Gasteiger partial charge < -0.3 is 10.0 Å². The Hall–Kier alpha value is -2.07. The minimum absolute atomic E-state index is 0.0736. The van der Waals surface area contributed by atoms with Gasteiger partial charge in [-0.3, -0.25) is 4.79 Å². The van der Waals surface area contributed by atoms with Gasteiger partial charge in [0.15, 0.2) is 11.0 Å². The van der Waals surface area contributed by atoms with Crippen molar-refractivity contribution in [2.24, 2.45) is 0 Å². The number of fused-ring (bicyclic) bond motifs is 1. The molecule has 7 nitrogen and oxygen atoms in total. The summed E-state index contributed by atoms with van der Waals surface area (Å²) in [5, 5.41) is 14.9. The van der Waals surface area contributed by atoms with E-state index in [-0.39, 0.29) is 30.8 Å². The first-order valence-corrected chi connectivity index (χ1v) is 9.96. The van der Waals surface area contributed by atoms with Gasteiger partial charge in [0.05, 0.1) is 18.3 Å². The molecule has 4 rings (SSSR count). The number of amides is 1. The molecule has 1 aliphatic carbocycles. The number of carbonyl (C=O) groups excluding carboxylic acids is 1. The summed E-state index contributed by atoms with van der Waals surface area (Å²) in [6, 6.07) is 0.123. The first-order valence-electron chi connectivity index (χ1n) is 8.74. The summed E-state index contributed by atoms with van der Waals surface area (Å²) in [7, 11) is 0. The van der Waals surface area contributed by atoms with Crippen LogP contribution >= 0.6 is 11.8 Å². The van der Waals surface area contributed by atoms with Crippen molar-refractivity contribution in [1.29, 1.82) is 0 Å². The van der Waals surface area contributed by atoms with Gasteiger partial charge >= 0.3 is 0 Å². The number of aromatic nitrogens is 4. The number of halogens is 2. The lowest BCUT2D eigenvalue weighted by atomic mass is 10.0. The lowest BCUT2D eigenvalue weighted by molar-refractivity contribution is -0.112. The predicted molar refractivity (Wildman–Crippen MR) is 94.0 cm³/mol. The predicted octanol–water partition coefficient (Wildman–Crippen LogP) is 2.28. The normalized spacial score (nSPS) is 24.7. The number of rotatable bonds is 3. The summed E-state index contributed by atoms with van der Waals surface area (Å²) in [4.78, 5) is 22.9. The molecule has 2 atom stereocenters. The molecule has 1 N–H and O–H groups in total. The fourth-order valence-electron chi connectivity index (χ4n) is 3.80. The Bertz CT molecular complexity index is 861. The molecular formula is C17H19F2N5O2S. The first kappa shape index (κ1) is 18.3. The fourth-order valence-corrected chi connectivity index (χ4v) is 4.17. The number of aliphatic hydroxyl groups is 1. The third kappa shape index (κ3) is 3.10. The van der Waals surface area contributed by atoms with Crippen molar-refractivity contribution >= 4 is 17.7 Å². The maximum absolute atomic E-state index is 14.7. The van der Waals surface area contributed by atoms with Crippen LogP contribution in [0.1, 0.15) is 41.7 Å². The lowest BCUT2D eigenvalue weighted by Crippen LogP contribution is -2.54. The average molecular weight is 395 g/mol. The number of thioether (sulfide) groups is 1. The zero-order chi connectivity index (χ0) is 19.2.